The summed E-state index contributed by atoms with van der Waals surface area (Å²) in [4.78, 5) is 12.0. The summed E-state index contributed by atoms with van der Waals surface area (Å²) in [7, 11) is 0. The van der Waals surface area contributed by atoms with E-state index in [2.05, 4.69) is 21.2 Å². The Labute approximate surface area is 111 Å². The number of hydrogen-bond acceptors (Lipinski definition) is 2. The molecule has 0 aromatic heterocycles. The highest BCUT2D eigenvalue weighted by Crippen LogP contribution is 2.28. The molecule has 17 heavy (non-hydrogen) atoms. The average Bonchev–Trinajstić information content (AvgIpc) is 2.22. The summed E-state index contributed by atoms with van der Waals surface area (Å²) < 4.78 is 0.884. The summed E-state index contributed by atoms with van der Waals surface area (Å²) in [6.45, 7) is 7.62. The molecule has 0 bridgehead atoms. The molecular formula is C13H19BrN2O. The van der Waals surface area contributed by atoms with Gasteiger partial charge in [-0.25, -0.2) is 0 Å². The molecule has 0 saturated heterocycles. The number of carbonyl (C=O) groups excluding carboxylic acids is 1. The molecule has 0 aliphatic heterocycles. The van der Waals surface area contributed by atoms with Gasteiger partial charge in [-0.05, 0) is 60.3 Å². The van der Waals surface area contributed by atoms with Crippen LogP contribution in [-0.2, 0) is 4.79 Å². The lowest BCUT2D eigenvalue weighted by atomic mass is 9.99. The van der Waals surface area contributed by atoms with Crippen LogP contribution < -0.4 is 11.1 Å². The first-order valence-corrected chi connectivity index (χ1v) is 6.44. The second-order valence-corrected chi connectivity index (χ2v) is 5.52. The van der Waals surface area contributed by atoms with Crippen molar-refractivity contribution in [3.05, 3.63) is 27.7 Å². The van der Waals surface area contributed by atoms with E-state index in [0.717, 1.165) is 21.3 Å². The van der Waals surface area contributed by atoms with Gasteiger partial charge in [0.05, 0.1) is 11.2 Å². The number of anilines is 1. The van der Waals surface area contributed by atoms with Crippen LogP contribution in [0.15, 0.2) is 16.6 Å². The quantitative estimate of drug-likeness (QED) is 0.901. The molecule has 0 aliphatic carbocycles. The molecule has 0 saturated carbocycles. The molecule has 3 N–H and O–H groups in total. The van der Waals surface area contributed by atoms with Gasteiger partial charge >= 0.3 is 0 Å². The Morgan fingerprint density at radius 1 is 1.47 bits per heavy atom. The van der Waals surface area contributed by atoms with Crippen molar-refractivity contribution in [2.24, 2.45) is 5.73 Å². The Morgan fingerprint density at radius 3 is 2.53 bits per heavy atom. The topological polar surface area (TPSA) is 55.1 Å². The molecule has 1 aromatic rings. The van der Waals surface area contributed by atoms with E-state index in [1.165, 1.54) is 0 Å². The molecule has 0 aliphatic rings. The lowest BCUT2D eigenvalue weighted by Gasteiger charge is -2.23. The van der Waals surface area contributed by atoms with Crippen molar-refractivity contribution in [2.45, 2.75) is 39.7 Å². The predicted octanol–water partition coefficient (Wildman–Crippen LogP) is 3.13. The fourth-order valence-corrected chi connectivity index (χ4v) is 2.26. The molecule has 94 valence electrons. The van der Waals surface area contributed by atoms with Crippen LogP contribution in [-0.4, -0.2) is 11.4 Å². The largest absolute Gasteiger partial charge is 0.323 e. The molecule has 0 radical (unpaired) electrons. The second-order valence-electron chi connectivity index (χ2n) is 4.66. The van der Waals surface area contributed by atoms with E-state index >= 15 is 0 Å². The fraction of sp³-hybridized carbons (Fsp3) is 0.462. The Hall–Kier alpha value is -0.870. The highest BCUT2D eigenvalue weighted by molar-refractivity contribution is 9.10. The summed E-state index contributed by atoms with van der Waals surface area (Å²) in [5.74, 6) is -0.160. The van der Waals surface area contributed by atoms with Gasteiger partial charge in [0.1, 0.15) is 0 Å². The molecular weight excluding hydrogens is 280 g/mol. The van der Waals surface area contributed by atoms with E-state index < -0.39 is 5.54 Å². The molecule has 0 spiro atoms. The van der Waals surface area contributed by atoms with Gasteiger partial charge in [0.15, 0.2) is 0 Å². The van der Waals surface area contributed by atoms with Crippen molar-refractivity contribution in [1.82, 2.24) is 0 Å². The number of nitrogens with one attached hydrogen (secondary N) is 1. The van der Waals surface area contributed by atoms with Crippen LogP contribution in [0, 0.1) is 13.8 Å². The first-order valence-electron chi connectivity index (χ1n) is 5.65. The van der Waals surface area contributed by atoms with Crippen LogP contribution in [0.25, 0.3) is 0 Å². The van der Waals surface area contributed by atoms with Crippen LogP contribution in [0.5, 0.6) is 0 Å². The molecule has 1 atom stereocenters. The van der Waals surface area contributed by atoms with Crippen molar-refractivity contribution in [2.75, 3.05) is 5.32 Å². The maximum Gasteiger partial charge on any atom is 0.244 e. The third-order valence-corrected chi connectivity index (χ3v) is 3.55. The third-order valence-electron chi connectivity index (χ3n) is 2.92. The lowest BCUT2D eigenvalue weighted by Crippen LogP contribution is -2.47. The normalized spacial score (nSPS) is 14.2. The van der Waals surface area contributed by atoms with E-state index in [1.54, 1.807) is 6.92 Å². The van der Waals surface area contributed by atoms with E-state index in [-0.39, 0.29) is 5.91 Å². The Kier molecular flexibility index (Phi) is 4.33. The van der Waals surface area contributed by atoms with Crippen molar-refractivity contribution >= 4 is 27.5 Å². The first-order chi connectivity index (χ1) is 7.77. The summed E-state index contributed by atoms with van der Waals surface area (Å²) >= 11 is 3.46. The maximum absolute atomic E-state index is 12.0. The van der Waals surface area contributed by atoms with Crippen LogP contribution >= 0.6 is 15.9 Å². The third kappa shape index (κ3) is 3.30. The van der Waals surface area contributed by atoms with Crippen LogP contribution in [0.3, 0.4) is 0 Å². The maximum atomic E-state index is 12.0. The van der Waals surface area contributed by atoms with Gasteiger partial charge < -0.3 is 11.1 Å². The average molecular weight is 299 g/mol. The van der Waals surface area contributed by atoms with Crippen molar-refractivity contribution in [3.63, 3.8) is 0 Å². The minimum Gasteiger partial charge on any atom is -0.323 e. The monoisotopic (exact) mass is 298 g/mol. The number of aryl methyl sites for hydroxylation is 2. The van der Waals surface area contributed by atoms with E-state index in [4.69, 9.17) is 5.73 Å². The zero-order valence-electron chi connectivity index (χ0n) is 10.7. The highest BCUT2D eigenvalue weighted by atomic mass is 79.9. The molecule has 1 amide bonds. The van der Waals surface area contributed by atoms with E-state index in [0.29, 0.717) is 6.42 Å². The molecule has 1 rings (SSSR count). The van der Waals surface area contributed by atoms with Crippen molar-refractivity contribution in [3.8, 4) is 0 Å². The standard InChI is InChI=1S/C13H19BrN2O/c1-5-13(4,15)12(17)16-11-9(3)6-8(2)7-10(11)14/h6-7H,5,15H2,1-4H3,(H,16,17). The van der Waals surface area contributed by atoms with Crippen LogP contribution in [0.1, 0.15) is 31.4 Å². The van der Waals surface area contributed by atoms with Gasteiger partial charge in [0.25, 0.3) is 0 Å². The summed E-state index contributed by atoms with van der Waals surface area (Å²) in [5.41, 5.74) is 8.05. The van der Waals surface area contributed by atoms with E-state index in [9.17, 15) is 4.79 Å². The van der Waals surface area contributed by atoms with Gasteiger partial charge in [-0.2, -0.15) is 0 Å². The number of amides is 1. The minimum atomic E-state index is -0.837. The zero-order valence-corrected chi connectivity index (χ0v) is 12.3. The highest BCUT2D eigenvalue weighted by Gasteiger charge is 2.26. The van der Waals surface area contributed by atoms with Crippen LogP contribution in [0.4, 0.5) is 5.69 Å². The fourth-order valence-electron chi connectivity index (χ4n) is 1.49. The smallest absolute Gasteiger partial charge is 0.244 e. The van der Waals surface area contributed by atoms with Gasteiger partial charge in [0.2, 0.25) is 5.91 Å². The predicted molar refractivity (Wildman–Crippen MR) is 75.1 cm³/mol. The zero-order chi connectivity index (χ0) is 13.2. The summed E-state index contributed by atoms with van der Waals surface area (Å²) in [6.07, 6.45) is 0.599. The van der Waals surface area contributed by atoms with Gasteiger partial charge in [-0.15, -0.1) is 0 Å². The Bertz CT molecular complexity index is 418. The Morgan fingerprint density at radius 2 is 2.06 bits per heavy atom. The number of benzene rings is 1. The van der Waals surface area contributed by atoms with Gasteiger partial charge in [-0.1, -0.05) is 13.0 Å². The summed E-state index contributed by atoms with van der Waals surface area (Å²) in [5, 5.41) is 2.89. The Balaban J connectivity index is 3.01. The first kappa shape index (κ1) is 14.2. The van der Waals surface area contributed by atoms with Gasteiger partial charge in [-0.3, -0.25) is 4.79 Å². The molecule has 1 unspecified atom stereocenters. The van der Waals surface area contributed by atoms with Crippen molar-refractivity contribution in [1.29, 1.82) is 0 Å². The molecule has 3 nitrogen and oxygen atoms in total. The van der Waals surface area contributed by atoms with Crippen LogP contribution in [0.2, 0.25) is 0 Å². The minimum absolute atomic E-state index is 0.160. The van der Waals surface area contributed by atoms with Gasteiger partial charge in [0, 0.05) is 4.47 Å². The SMILES string of the molecule is CCC(C)(N)C(=O)Nc1c(C)cc(C)cc1Br. The molecule has 1 aromatic carbocycles. The number of nitrogens with two attached hydrogens (primary N) is 1. The van der Waals surface area contributed by atoms with E-state index in [1.807, 2.05) is 32.9 Å². The number of halogens is 1. The number of carbonyl (C=O) groups is 1. The summed E-state index contributed by atoms with van der Waals surface area (Å²) in [6, 6.07) is 4.00. The number of hydrogen-bond donors (Lipinski definition) is 2. The molecule has 0 heterocycles. The molecule has 0 fully saturated rings. The second kappa shape index (κ2) is 5.19. The molecule has 4 heteroatoms. The van der Waals surface area contributed by atoms with Crippen molar-refractivity contribution < 1.29 is 4.79 Å². The number of rotatable bonds is 3. The lowest BCUT2D eigenvalue weighted by molar-refractivity contribution is -0.120.